The van der Waals surface area contributed by atoms with Crippen LogP contribution in [0.5, 0.6) is 0 Å². The SMILES string of the molecule is CC(C)(C)OC(=O)Nc1cnc(C2CCN(C(=O)O)C(C(C)(C)C)C2)s1. The second kappa shape index (κ2) is 7.42. The van der Waals surface area contributed by atoms with Crippen molar-refractivity contribution in [3.8, 4) is 0 Å². The van der Waals surface area contributed by atoms with Crippen LogP contribution >= 0.6 is 11.3 Å². The Morgan fingerprint density at radius 1 is 1.31 bits per heavy atom. The molecule has 1 aliphatic rings. The highest BCUT2D eigenvalue weighted by molar-refractivity contribution is 7.15. The second-order valence-electron chi connectivity index (χ2n) is 8.77. The molecule has 1 saturated heterocycles. The van der Waals surface area contributed by atoms with Gasteiger partial charge in [0.1, 0.15) is 10.6 Å². The number of anilines is 1. The molecule has 0 aliphatic carbocycles. The minimum absolute atomic E-state index is 0.0649. The average molecular weight is 384 g/mol. The van der Waals surface area contributed by atoms with Gasteiger partial charge in [0.15, 0.2) is 0 Å². The van der Waals surface area contributed by atoms with Gasteiger partial charge in [-0.15, -0.1) is 11.3 Å². The van der Waals surface area contributed by atoms with Crippen LogP contribution in [-0.4, -0.2) is 45.4 Å². The molecule has 1 aliphatic heterocycles. The molecule has 8 heteroatoms. The van der Waals surface area contributed by atoms with Gasteiger partial charge in [-0.05, 0) is 39.0 Å². The lowest BCUT2D eigenvalue weighted by molar-refractivity contribution is 0.0525. The number of thiazole rings is 1. The standard InChI is InChI=1S/C18H29N3O4S/c1-17(2,3)12-9-11(7-8-21(12)16(23)24)14-19-10-13(26-14)20-15(22)25-18(4,5)6/h10-12H,7-9H2,1-6H3,(H,20,22)(H,23,24). The van der Waals surface area contributed by atoms with E-state index < -0.39 is 17.8 Å². The van der Waals surface area contributed by atoms with E-state index >= 15 is 0 Å². The maximum Gasteiger partial charge on any atom is 0.412 e. The summed E-state index contributed by atoms with van der Waals surface area (Å²) in [4.78, 5) is 29.4. The average Bonchev–Trinajstić information content (AvgIpc) is 2.91. The van der Waals surface area contributed by atoms with Gasteiger partial charge in [0.05, 0.1) is 11.2 Å². The number of amides is 2. The normalized spacial score (nSPS) is 21.4. The number of carboxylic acid groups (broad SMARTS) is 1. The zero-order valence-corrected chi connectivity index (χ0v) is 17.1. The summed E-state index contributed by atoms with van der Waals surface area (Å²) in [5, 5.41) is 13.8. The predicted molar refractivity (Wildman–Crippen MR) is 102 cm³/mol. The number of nitrogens with zero attached hydrogens (tertiary/aromatic N) is 2. The number of nitrogens with one attached hydrogen (secondary N) is 1. The van der Waals surface area contributed by atoms with Crippen molar-refractivity contribution in [2.45, 2.75) is 71.9 Å². The van der Waals surface area contributed by atoms with E-state index in [1.807, 2.05) is 20.8 Å². The molecule has 2 N–H and O–H groups in total. The van der Waals surface area contributed by atoms with Crippen molar-refractivity contribution in [3.63, 3.8) is 0 Å². The molecule has 0 bridgehead atoms. The smallest absolute Gasteiger partial charge is 0.412 e. The summed E-state index contributed by atoms with van der Waals surface area (Å²) < 4.78 is 5.26. The van der Waals surface area contributed by atoms with E-state index in [9.17, 15) is 14.7 Å². The summed E-state index contributed by atoms with van der Waals surface area (Å²) in [5.74, 6) is 0.189. The first-order chi connectivity index (χ1) is 11.9. The summed E-state index contributed by atoms with van der Waals surface area (Å²) in [7, 11) is 0. The van der Waals surface area contributed by atoms with Crippen LogP contribution in [0, 0.1) is 5.41 Å². The third kappa shape index (κ3) is 5.33. The van der Waals surface area contributed by atoms with E-state index in [-0.39, 0.29) is 17.4 Å². The molecule has 1 fully saturated rings. The van der Waals surface area contributed by atoms with Crippen molar-refractivity contribution in [3.05, 3.63) is 11.2 Å². The zero-order chi connectivity index (χ0) is 19.7. The Balaban J connectivity index is 2.07. The first-order valence-corrected chi connectivity index (χ1v) is 9.64. The molecule has 2 unspecified atom stereocenters. The minimum Gasteiger partial charge on any atom is -0.465 e. The van der Waals surface area contributed by atoms with Crippen LogP contribution in [0.15, 0.2) is 6.20 Å². The monoisotopic (exact) mass is 383 g/mol. The Hall–Kier alpha value is -1.83. The number of ether oxygens (including phenoxy) is 1. The summed E-state index contributed by atoms with van der Waals surface area (Å²) in [6.07, 6.45) is 1.74. The predicted octanol–water partition coefficient (Wildman–Crippen LogP) is 4.76. The number of aromatic nitrogens is 1. The highest BCUT2D eigenvalue weighted by atomic mass is 32.1. The fourth-order valence-corrected chi connectivity index (χ4v) is 4.13. The van der Waals surface area contributed by atoms with Crippen molar-refractivity contribution >= 4 is 28.5 Å². The van der Waals surface area contributed by atoms with E-state index in [4.69, 9.17) is 4.74 Å². The number of likely N-dealkylation sites (tertiary alicyclic amines) is 1. The third-order valence-electron chi connectivity index (χ3n) is 4.34. The number of hydrogen-bond donors (Lipinski definition) is 2. The molecule has 146 valence electrons. The maximum absolute atomic E-state index is 11.9. The lowest BCUT2D eigenvalue weighted by Crippen LogP contribution is -2.51. The van der Waals surface area contributed by atoms with Crippen LogP contribution in [0.3, 0.4) is 0 Å². The number of piperidine rings is 1. The van der Waals surface area contributed by atoms with Gasteiger partial charge in [0, 0.05) is 18.5 Å². The summed E-state index contributed by atoms with van der Waals surface area (Å²) >= 11 is 1.43. The van der Waals surface area contributed by atoms with E-state index in [0.29, 0.717) is 11.5 Å². The Labute approximate surface area is 158 Å². The molecule has 0 radical (unpaired) electrons. The lowest BCUT2D eigenvalue weighted by atomic mass is 9.77. The van der Waals surface area contributed by atoms with Crippen molar-refractivity contribution in [1.29, 1.82) is 0 Å². The largest absolute Gasteiger partial charge is 0.465 e. The van der Waals surface area contributed by atoms with Crippen molar-refractivity contribution in [1.82, 2.24) is 9.88 Å². The summed E-state index contributed by atoms with van der Waals surface area (Å²) in [6.45, 7) is 12.1. The Morgan fingerprint density at radius 2 is 1.96 bits per heavy atom. The van der Waals surface area contributed by atoms with Gasteiger partial charge in [-0.2, -0.15) is 0 Å². The Morgan fingerprint density at radius 3 is 2.50 bits per heavy atom. The van der Waals surface area contributed by atoms with Gasteiger partial charge in [0.2, 0.25) is 0 Å². The van der Waals surface area contributed by atoms with Crippen LogP contribution in [0.2, 0.25) is 0 Å². The summed E-state index contributed by atoms with van der Waals surface area (Å²) in [5.41, 5.74) is -0.701. The highest BCUT2D eigenvalue weighted by Crippen LogP contribution is 2.40. The Bertz CT molecular complexity index is 660. The quantitative estimate of drug-likeness (QED) is 0.768. The molecular formula is C18H29N3O4S. The molecule has 2 heterocycles. The second-order valence-corrected chi connectivity index (χ2v) is 9.83. The van der Waals surface area contributed by atoms with Crippen molar-refractivity contribution < 1.29 is 19.4 Å². The van der Waals surface area contributed by atoms with Gasteiger partial charge in [0.25, 0.3) is 0 Å². The minimum atomic E-state index is -0.866. The van der Waals surface area contributed by atoms with Gasteiger partial charge in [-0.3, -0.25) is 5.32 Å². The molecule has 0 spiro atoms. The first kappa shape index (κ1) is 20.5. The van der Waals surface area contributed by atoms with Crippen LogP contribution in [-0.2, 0) is 4.74 Å². The number of carbonyl (C=O) groups excluding carboxylic acids is 1. The molecule has 2 rings (SSSR count). The van der Waals surface area contributed by atoms with Gasteiger partial charge in [-0.25, -0.2) is 14.6 Å². The molecule has 0 saturated carbocycles. The maximum atomic E-state index is 11.9. The highest BCUT2D eigenvalue weighted by Gasteiger charge is 2.39. The van der Waals surface area contributed by atoms with E-state index in [2.05, 4.69) is 31.1 Å². The fraction of sp³-hybridized carbons (Fsp3) is 0.722. The van der Waals surface area contributed by atoms with Crippen molar-refractivity contribution in [2.24, 2.45) is 5.41 Å². The van der Waals surface area contributed by atoms with E-state index in [1.165, 1.54) is 11.3 Å². The molecular weight excluding hydrogens is 354 g/mol. The van der Waals surface area contributed by atoms with E-state index in [0.717, 1.165) is 17.8 Å². The number of hydrogen-bond acceptors (Lipinski definition) is 5. The van der Waals surface area contributed by atoms with Gasteiger partial charge < -0.3 is 14.7 Å². The van der Waals surface area contributed by atoms with Crippen molar-refractivity contribution in [2.75, 3.05) is 11.9 Å². The molecule has 0 aromatic carbocycles. The summed E-state index contributed by atoms with van der Waals surface area (Å²) in [6, 6.07) is -0.0649. The van der Waals surface area contributed by atoms with Crippen LogP contribution in [0.25, 0.3) is 0 Å². The van der Waals surface area contributed by atoms with Crippen LogP contribution in [0.1, 0.15) is 65.3 Å². The molecule has 26 heavy (non-hydrogen) atoms. The Kier molecular flexibility index (Phi) is 5.85. The number of carbonyl (C=O) groups is 2. The van der Waals surface area contributed by atoms with Crippen LogP contribution < -0.4 is 5.32 Å². The lowest BCUT2D eigenvalue weighted by Gasteiger charge is -2.44. The first-order valence-electron chi connectivity index (χ1n) is 8.82. The molecule has 1 aromatic rings. The van der Waals surface area contributed by atoms with Gasteiger partial charge >= 0.3 is 12.2 Å². The van der Waals surface area contributed by atoms with Crippen LogP contribution in [0.4, 0.5) is 14.6 Å². The number of rotatable bonds is 2. The third-order valence-corrected chi connectivity index (χ3v) is 5.42. The van der Waals surface area contributed by atoms with Gasteiger partial charge in [-0.1, -0.05) is 20.8 Å². The molecule has 1 aromatic heterocycles. The molecule has 2 amide bonds. The van der Waals surface area contributed by atoms with E-state index in [1.54, 1.807) is 11.1 Å². The fourth-order valence-electron chi connectivity index (χ4n) is 3.18. The molecule has 7 nitrogen and oxygen atoms in total. The zero-order valence-electron chi connectivity index (χ0n) is 16.3. The topological polar surface area (TPSA) is 91.8 Å². The molecule has 2 atom stereocenters.